The number of carbonyl (C=O) groups excluding carboxylic acids is 1. The molecule has 1 aromatic heterocycles. The molecular formula is C22H22FN3O3S. The number of rotatable bonds is 7. The predicted molar refractivity (Wildman–Crippen MR) is 113 cm³/mol. The summed E-state index contributed by atoms with van der Waals surface area (Å²) in [5.41, 5.74) is 2.80. The molecule has 2 aromatic carbocycles. The van der Waals surface area contributed by atoms with E-state index in [0.717, 1.165) is 40.0 Å². The highest BCUT2D eigenvalue weighted by Gasteiger charge is 2.17. The third-order valence-electron chi connectivity index (χ3n) is 4.71. The van der Waals surface area contributed by atoms with Gasteiger partial charge in [-0.3, -0.25) is 4.79 Å². The Bertz CT molecular complexity index is 1040. The second-order valence-corrected chi connectivity index (χ2v) is 7.66. The summed E-state index contributed by atoms with van der Waals surface area (Å²) in [6, 6.07) is 11.9. The SMILES string of the molecule is CCn1c(-c2ccc3c(c2)OCCO3)cnc1SCC(=O)NCc1ccc(F)cc1. The number of nitrogens with zero attached hydrogens (tertiary/aromatic N) is 2. The van der Waals surface area contributed by atoms with E-state index in [1.165, 1.54) is 23.9 Å². The molecular weight excluding hydrogens is 405 g/mol. The molecule has 0 bridgehead atoms. The van der Waals surface area contributed by atoms with Crippen molar-refractivity contribution in [2.45, 2.75) is 25.2 Å². The number of aromatic nitrogens is 2. The van der Waals surface area contributed by atoms with Crippen LogP contribution in [0.4, 0.5) is 4.39 Å². The second kappa shape index (κ2) is 9.21. The maximum Gasteiger partial charge on any atom is 0.230 e. The maximum atomic E-state index is 13.0. The highest BCUT2D eigenvalue weighted by Crippen LogP contribution is 2.35. The first-order valence-electron chi connectivity index (χ1n) is 9.73. The molecule has 1 N–H and O–H groups in total. The van der Waals surface area contributed by atoms with Crippen molar-refractivity contribution in [3.05, 3.63) is 60.0 Å². The zero-order valence-corrected chi connectivity index (χ0v) is 17.4. The van der Waals surface area contributed by atoms with Crippen molar-refractivity contribution in [2.24, 2.45) is 0 Å². The Labute approximate surface area is 178 Å². The van der Waals surface area contributed by atoms with Crippen LogP contribution < -0.4 is 14.8 Å². The van der Waals surface area contributed by atoms with E-state index in [4.69, 9.17) is 9.47 Å². The molecule has 0 fully saturated rings. The molecule has 2 heterocycles. The lowest BCUT2D eigenvalue weighted by Crippen LogP contribution is -2.24. The number of hydrogen-bond acceptors (Lipinski definition) is 5. The van der Waals surface area contributed by atoms with Crippen LogP contribution in [0, 0.1) is 5.82 Å². The van der Waals surface area contributed by atoms with E-state index in [1.807, 2.05) is 31.3 Å². The number of imidazole rings is 1. The van der Waals surface area contributed by atoms with Gasteiger partial charge in [0, 0.05) is 18.7 Å². The van der Waals surface area contributed by atoms with Crippen molar-refractivity contribution in [3.63, 3.8) is 0 Å². The number of halogens is 1. The Hall–Kier alpha value is -3.00. The van der Waals surface area contributed by atoms with E-state index in [2.05, 4.69) is 14.9 Å². The fourth-order valence-electron chi connectivity index (χ4n) is 3.20. The van der Waals surface area contributed by atoms with Crippen LogP contribution in [0.3, 0.4) is 0 Å². The van der Waals surface area contributed by atoms with Crippen LogP contribution in [0.15, 0.2) is 53.8 Å². The topological polar surface area (TPSA) is 65.4 Å². The van der Waals surface area contributed by atoms with Crippen molar-refractivity contribution in [1.82, 2.24) is 14.9 Å². The van der Waals surface area contributed by atoms with Crippen molar-refractivity contribution >= 4 is 17.7 Å². The summed E-state index contributed by atoms with van der Waals surface area (Å²) in [5, 5.41) is 3.63. The molecule has 4 rings (SSSR count). The quantitative estimate of drug-likeness (QED) is 0.580. The minimum atomic E-state index is -0.291. The molecule has 3 aromatic rings. The molecule has 1 aliphatic heterocycles. The molecule has 0 saturated heterocycles. The zero-order valence-electron chi connectivity index (χ0n) is 16.6. The van der Waals surface area contributed by atoms with Gasteiger partial charge in [-0.25, -0.2) is 9.37 Å². The van der Waals surface area contributed by atoms with Gasteiger partial charge in [-0.15, -0.1) is 0 Å². The largest absolute Gasteiger partial charge is 0.486 e. The molecule has 1 amide bonds. The standard InChI is InChI=1S/C22H22FN3O3S/c1-2-26-18(16-5-8-19-20(11-16)29-10-9-28-19)13-25-22(26)30-14-21(27)24-12-15-3-6-17(23)7-4-15/h3-8,11,13H,2,9-10,12,14H2,1H3,(H,24,27). The Morgan fingerprint density at radius 2 is 1.93 bits per heavy atom. The number of benzene rings is 2. The van der Waals surface area contributed by atoms with Gasteiger partial charge >= 0.3 is 0 Å². The first-order valence-corrected chi connectivity index (χ1v) is 10.7. The van der Waals surface area contributed by atoms with Gasteiger partial charge in [0.25, 0.3) is 0 Å². The van der Waals surface area contributed by atoms with Gasteiger partial charge in [-0.1, -0.05) is 23.9 Å². The zero-order chi connectivity index (χ0) is 20.9. The van der Waals surface area contributed by atoms with Gasteiger partial charge in [0.1, 0.15) is 19.0 Å². The van der Waals surface area contributed by atoms with Gasteiger partial charge < -0.3 is 19.4 Å². The van der Waals surface area contributed by atoms with Crippen LogP contribution >= 0.6 is 11.8 Å². The Kier molecular flexibility index (Phi) is 6.23. The van der Waals surface area contributed by atoms with E-state index in [1.54, 1.807) is 12.1 Å². The number of amides is 1. The van der Waals surface area contributed by atoms with E-state index >= 15 is 0 Å². The minimum absolute atomic E-state index is 0.101. The lowest BCUT2D eigenvalue weighted by molar-refractivity contribution is -0.118. The maximum absolute atomic E-state index is 13.0. The van der Waals surface area contributed by atoms with E-state index in [9.17, 15) is 9.18 Å². The summed E-state index contributed by atoms with van der Waals surface area (Å²) >= 11 is 1.39. The molecule has 0 radical (unpaired) electrons. The monoisotopic (exact) mass is 427 g/mol. The Morgan fingerprint density at radius 1 is 1.17 bits per heavy atom. The number of carbonyl (C=O) groups is 1. The van der Waals surface area contributed by atoms with Crippen molar-refractivity contribution in [1.29, 1.82) is 0 Å². The van der Waals surface area contributed by atoms with Gasteiger partial charge in [-0.05, 0) is 42.8 Å². The lowest BCUT2D eigenvalue weighted by atomic mass is 10.1. The molecule has 0 unspecified atom stereocenters. The summed E-state index contributed by atoms with van der Waals surface area (Å²) in [6.45, 7) is 4.23. The van der Waals surface area contributed by atoms with Gasteiger partial charge in [-0.2, -0.15) is 0 Å². The first kappa shape index (κ1) is 20.3. The molecule has 156 valence electrons. The van der Waals surface area contributed by atoms with Crippen LogP contribution in [0.5, 0.6) is 11.5 Å². The molecule has 6 nitrogen and oxygen atoms in total. The van der Waals surface area contributed by atoms with E-state index < -0.39 is 0 Å². The normalized spacial score (nSPS) is 12.6. The smallest absolute Gasteiger partial charge is 0.230 e. The third-order valence-corrected chi connectivity index (χ3v) is 5.70. The fraction of sp³-hybridized carbons (Fsp3) is 0.273. The van der Waals surface area contributed by atoms with Crippen LogP contribution in [0.2, 0.25) is 0 Å². The first-order chi connectivity index (χ1) is 14.6. The second-order valence-electron chi connectivity index (χ2n) is 6.72. The number of ether oxygens (including phenoxy) is 2. The van der Waals surface area contributed by atoms with Gasteiger partial charge in [0.15, 0.2) is 16.7 Å². The number of nitrogens with one attached hydrogen (secondary N) is 1. The highest BCUT2D eigenvalue weighted by molar-refractivity contribution is 7.99. The molecule has 30 heavy (non-hydrogen) atoms. The summed E-state index contributed by atoms with van der Waals surface area (Å²) in [4.78, 5) is 16.7. The van der Waals surface area contributed by atoms with Crippen molar-refractivity contribution < 1.29 is 18.7 Å². The molecule has 0 saturated carbocycles. The van der Waals surface area contributed by atoms with E-state index in [-0.39, 0.29) is 17.5 Å². The summed E-state index contributed by atoms with van der Waals surface area (Å²) in [7, 11) is 0. The van der Waals surface area contributed by atoms with Crippen molar-refractivity contribution in [2.75, 3.05) is 19.0 Å². The Morgan fingerprint density at radius 3 is 2.70 bits per heavy atom. The van der Waals surface area contributed by atoms with Crippen LogP contribution in [-0.4, -0.2) is 34.4 Å². The number of thioether (sulfide) groups is 1. The van der Waals surface area contributed by atoms with Crippen LogP contribution in [0.1, 0.15) is 12.5 Å². The molecule has 0 atom stereocenters. The molecule has 0 aliphatic carbocycles. The highest BCUT2D eigenvalue weighted by atomic mass is 32.2. The minimum Gasteiger partial charge on any atom is -0.486 e. The molecule has 8 heteroatoms. The summed E-state index contributed by atoms with van der Waals surface area (Å²) < 4.78 is 26.3. The van der Waals surface area contributed by atoms with E-state index in [0.29, 0.717) is 19.8 Å². The van der Waals surface area contributed by atoms with Gasteiger partial charge in [0.05, 0.1) is 17.6 Å². The fourth-order valence-corrected chi connectivity index (χ4v) is 4.07. The van der Waals surface area contributed by atoms with Crippen LogP contribution in [0.25, 0.3) is 11.3 Å². The third kappa shape index (κ3) is 4.59. The number of hydrogen-bond donors (Lipinski definition) is 1. The van der Waals surface area contributed by atoms with Crippen LogP contribution in [-0.2, 0) is 17.9 Å². The molecule has 0 spiro atoms. The lowest BCUT2D eigenvalue weighted by Gasteiger charge is -2.19. The number of fused-ring (bicyclic) bond motifs is 1. The average molecular weight is 428 g/mol. The van der Waals surface area contributed by atoms with Crippen molar-refractivity contribution in [3.8, 4) is 22.8 Å². The summed E-state index contributed by atoms with van der Waals surface area (Å²) in [6.07, 6.45) is 1.81. The van der Waals surface area contributed by atoms with Gasteiger partial charge in [0.2, 0.25) is 5.91 Å². The Balaban J connectivity index is 1.40. The molecule has 1 aliphatic rings. The average Bonchev–Trinajstić information content (AvgIpc) is 3.20. The summed E-state index contributed by atoms with van der Waals surface area (Å²) in [5.74, 6) is 1.34. The predicted octanol–water partition coefficient (Wildman–Crippen LogP) is 3.89.